The molecule has 0 saturated heterocycles. The van der Waals surface area contributed by atoms with Crippen molar-refractivity contribution in [3.63, 3.8) is 0 Å². The predicted octanol–water partition coefficient (Wildman–Crippen LogP) is 6.83. The molecule has 5 rings (SSSR count). The number of hydrogen-bond donors (Lipinski definition) is 1. The third kappa shape index (κ3) is 3.64. The fraction of sp³-hybridized carbons (Fsp3) is 0.333. The molecule has 2 aliphatic rings. The van der Waals surface area contributed by atoms with Crippen LogP contribution >= 0.6 is 35.0 Å². The first-order valence-corrected chi connectivity index (χ1v) is 11.9. The normalized spacial score (nSPS) is 25.4. The average Bonchev–Trinajstić information content (AvgIpc) is 3.04. The summed E-state index contributed by atoms with van der Waals surface area (Å²) in [5, 5.41) is 1.70. The quantitative estimate of drug-likeness (QED) is 0.439. The van der Waals surface area contributed by atoms with Crippen LogP contribution in [0.5, 0.6) is 0 Å². The summed E-state index contributed by atoms with van der Waals surface area (Å²) in [5.41, 5.74) is 11.1. The predicted molar refractivity (Wildman–Crippen MR) is 123 cm³/mol. The van der Waals surface area contributed by atoms with Gasteiger partial charge in [0.2, 0.25) is 0 Å². The van der Waals surface area contributed by atoms with Crippen LogP contribution in [0.1, 0.15) is 54.3 Å². The molecule has 0 amide bonds. The number of rotatable bonds is 3. The van der Waals surface area contributed by atoms with Crippen molar-refractivity contribution < 1.29 is 0 Å². The molecule has 0 aliphatic heterocycles. The molecule has 2 aromatic heterocycles. The van der Waals surface area contributed by atoms with E-state index >= 15 is 0 Å². The van der Waals surface area contributed by atoms with Crippen molar-refractivity contribution in [2.45, 2.75) is 54.0 Å². The molecule has 30 heavy (non-hydrogen) atoms. The molecule has 3 nitrogen and oxygen atoms in total. The summed E-state index contributed by atoms with van der Waals surface area (Å²) in [5.74, 6) is 0.553. The van der Waals surface area contributed by atoms with Gasteiger partial charge in [-0.1, -0.05) is 65.3 Å². The minimum Gasteiger partial charge on any atom is -0.323 e. The minimum atomic E-state index is 0.170. The van der Waals surface area contributed by atoms with Crippen LogP contribution in [0.25, 0.3) is 0 Å². The Kier molecular flexibility index (Phi) is 5.53. The lowest BCUT2D eigenvalue weighted by molar-refractivity contribution is 0.149. The maximum absolute atomic E-state index is 6.72. The van der Waals surface area contributed by atoms with E-state index in [2.05, 4.69) is 46.4 Å². The van der Waals surface area contributed by atoms with Crippen LogP contribution in [0, 0.1) is 5.41 Å². The summed E-state index contributed by atoms with van der Waals surface area (Å²) in [7, 11) is 0. The number of benzene rings is 1. The van der Waals surface area contributed by atoms with Gasteiger partial charge in [0.15, 0.2) is 0 Å². The van der Waals surface area contributed by atoms with E-state index in [1.54, 1.807) is 6.20 Å². The average molecular weight is 456 g/mol. The lowest BCUT2D eigenvalue weighted by atomic mass is 9.66. The highest BCUT2D eigenvalue weighted by Gasteiger charge is 2.46. The van der Waals surface area contributed by atoms with Gasteiger partial charge in [0.25, 0.3) is 0 Å². The van der Waals surface area contributed by atoms with Crippen molar-refractivity contribution in [2.75, 3.05) is 0 Å². The highest BCUT2D eigenvalue weighted by Crippen LogP contribution is 2.55. The summed E-state index contributed by atoms with van der Waals surface area (Å²) < 4.78 is 0. The SMILES string of the molecule is N[C@H]1c2ccccc2CC12CCC(c1ccc(Sc3ccnc(Cl)c3Cl)nc1)CC2. The van der Waals surface area contributed by atoms with Gasteiger partial charge in [-0.2, -0.15) is 0 Å². The molecule has 1 fully saturated rings. The number of nitrogens with zero attached hydrogens (tertiary/aromatic N) is 2. The summed E-state index contributed by atoms with van der Waals surface area (Å²) in [4.78, 5) is 9.54. The molecule has 154 valence electrons. The van der Waals surface area contributed by atoms with E-state index in [9.17, 15) is 0 Å². The van der Waals surface area contributed by atoms with Gasteiger partial charge in [0.05, 0.1) is 5.02 Å². The van der Waals surface area contributed by atoms with E-state index in [1.807, 2.05) is 12.3 Å². The third-order valence-electron chi connectivity index (χ3n) is 6.83. The van der Waals surface area contributed by atoms with Crippen molar-refractivity contribution in [1.29, 1.82) is 0 Å². The van der Waals surface area contributed by atoms with Crippen molar-refractivity contribution in [3.05, 3.63) is 81.7 Å². The van der Waals surface area contributed by atoms with E-state index in [1.165, 1.54) is 54.1 Å². The number of hydrogen-bond acceptors (Lipinski definition) is 4. The Morgan fingerprint density at radius 3 is 2.53 bits per heavy atom. The Morgan fingerprint density at radius 1 is 1.00 bits per heavy atom. The molecule has 1 atom stereocenters. The number of nitrogens with two attached hydrogens (primary N) is 1. The van der Waals surface area contributed by atoms with E-state index in [-0.39, 0.29) is 11.5 Å². The Bertz CT molecular complexity index is 1060. The molecule has 1 aromatic carbocycles. The zero-order valence-corrected chi connectivity index (χ0v) is 18.9. The fourth-order valence-electron chi connectivity index (χ4n) is 5.12. The van der Waals surface area contributed by atoms with Crippen molar-refractivity contribution in [2.24, 2.45) is 11.1 Å². The first-order valence-electron chi connectivity index (χ1n) is 10.3. The minimum absolute atomic E-state index is 0.170. The third-order valence-corrected chi connectivity index (χ3v) is 8.72. The first kappa shape index (κ1) is 20.3. The maximum atomic E-state index is 6.72. The van der Waals surface area contributed by atoms with Gasteiger partial charge >= 0.3 is 0 Å². The highest BCUT2D eigenvalue weighted by molar-refractivity contribution is 7.99. The number of fused-ring (bicyclic) bond motifs is 1. The smallest absolute Gasteiger partial charge is 0.148 e. The first-order chi connectivity index (χ1) is 14.6. The van der Waals surface area contributed by atoms with Crippen LogP contribution in [-0.4, -0.2) is 9.97 Å². The second-order valence-electron chi connectivity index (χ2n) is 8.44. The van der Waals surface area contributed by atoms with Gasteiger partial charge in [-0.25, -0.2) is 9.97 Å². The zero-order chi connectivity index (χ0) is 20.7. The van der Waals surface area contributed by atoms with Gasteiger partial charge < -0.3 is 5.73 Å². The summed E-state index contributed by atoms with van der Waals surface area (Å²) in [6.45, 7) is 0. The molecule has 6 heteroatoms. The molecule has 0 bridgehead atoms. The topological polar surface area (TPSA) is 51.8 Å². The maximum Gasteiger partial charge on any atom is 0.148 e. The molecular formula is C24H23Cl2N3S. The summed E-state index contributed by atoms with van der Waals surface area (Å²) in [6.07, 6.45) is 9.49. The number of aromatic nitrogens is 2. The van der Waals surface area contributed by atoms with Gasteiger partial charge in [-0.05, 0) is 72.3 Å². The number of halogens is 2. The second-order valence-corrected chi connectivity index (χ2v) is 10.2. The van der Waals surface area contributed by atoms with E-state index in [0.29, 0.717) is 16.1 Å². The fourth-order valence-corrected chi connectivity index (χ4v) is 6.34. The molecule has 2 heterocycles. The summed E-state index contributed by atoms with van der Waals surface area (Å²) in [6, 6.07) is 15.0. The van der Waals surface area contributed by atoms with Crippen LogP contribution in [-0.2, 0) is 6.42 Å². The lowest BCUT2D eigenvalue weighted by Crippen LogP contribution is -2.35. The summed E-state index contributed by atoms with van der Waals surface area (Å²) >= 11 is 13.8. The van der Waals surface area contributed by atoms with Gasteiger partial charge in [-0.3, -0.25) is 0 Å². The Hall–Kier alpha value is -1.59. The lowest BCUT2D eigenvalue weighted by Gasteiger charge is -2.40. The largest absolute Gasteiger partial charge is 0.323 e. The molecule has 1 spiro atoms. The van der Waals surface area contributed by atoms with Gasteiger partial charge in [-0.15, -0.1) is 0 Å². The Labute approximate surface area is 191 Å². The van der Waals surface area contributed by atoms with Crippen LogP contribution in [0.3, 0.4) is 0 Å². The van der Waals surface area contributed by atoms with Crippen LogP contribution in [0.4, 0.5) is 0 Å². The molecular weight excluding hydrogens is 433 g/mol. The standard InChI is InChI=1S/C24H23Cl2N3S/c25-21-19(9-12-28-23(21)26)30-20-6-5-17(14-29-20)15-7-10-24(11-8-15)13-16-3-1-2-4-18(16)22(24)27/h1-6,9,12,14-15,22H,7-8,10-11,13,27H2/t15?,22-,24?/m0/s1. The highest BCUT2D eigenvalue weighted by atomic mass is 35.5. The molecule has 2 aliphatic carbocycles. The van der Waals surface area contributed by atoms with E-state index in [4.69, 9.17) is 28.9 Å². The molecule has 0 unspecified atom stereocenters. The van der Waals surface area contributed by atoms with Crippen molar-refractivity contribution in [3.8, 4) is 0 Å². The van der Waals surface area contributed by atoms with Crippen molar-refractivity contribution in [1.82, 2.24) is 9.97 Å². The molecule has 2 N–H and O–H groups in total. The van der Waals surface area contributed by atoms with Gasteiger partial charge in [0, 0.05) is 23.3 Å². The monoisotopic (exact) mass is 455 g/mol. The zero-order valence-electron chi connectivity index (χ0n) is 16.5. The van der Waals surface area contributed by atoms with E-state index in [0.717, 1.165) is 16.3 Å². The van der Waals surface area contributed by atoms with Crippen molar-refractivity contribution >= 4 is 35.0 Å². The Balaban J connectivity index is 1.26. The van der Waals surface area contributed by atoms with E-state index < -0.39 is 0 Å². The van der Waals surface area contributed by atoms with Crippen LogP contribution < -0.4 is 5.73 Å². The number of pyridine rings is 2. The molecule has 0 radical (unpaired) electrons. The van der Waals surface area contributed by atoms with Crippen LogP contribution in [0.2, 0.25) is 10.2 Å². The second kappa shape index (κ2) is 8.16. The van der Waals surface area contributed by atoms with Crippen LogP contribution in [0.15, 0.2) is 64.8 Å². The van der Waals surface area contributed by atoms with Gasteiger partial charge in [0.1, 0.15) is 10.2 Å². The molecule has 1 saturated carbocycles. The molecule has 3 aromatic rings. The Morgan fingerprint density at radius 2 is 1.80 bits per heavy atom.